The molecule has 0 radical (unpaired) electrons. The van der Waals surface area contributed by atoms with Gasteiger partial charge in [-0.3, -0.25) is 19.1 Å². The van der Waals surface area contributed by atoms with Crippen molar-refractivity contribution in [3.05, 3.63) is 38.2 Å². The maximum atomic E-state index is 12.6. The minimum absolute atomic E-state index is 0.190. The molecule has 24 heavy (non-hydrogen) atoms. The molecule has 0 aliphatic heterocycles. The van der Waals surface area contributed by atoms with Gasteiger partial charge in [-0.2, -0.15) is 0 Å². The molecule has 128 valence electrons. The molecular formula is C17H22N4O3. The fourth-order valence-corrected chi connectivity index (χ4v) is 2.83. The number of pyridine rings is 1. The zero-order valence-electron chi connectivity index (χ0n) is 14.0. The Morgan fingerprint density at radius 3 is 2.75 bits per heavy atom. The summed E-state index contributed by atoms with van der Waals surface area (Å²) in [5.41, 5.74) is 0.344. The maximum Gasteiger partial charge on any atom is 0.329 e. The first-order valence-corrected chi connectivity index (χ1v) is 8.52. The number of unbranched alkanes of at least 4 members (excludes halogenated alkanes) is 1. The van der Waals surface area contributed by atoms with Crippen molar-refractivity contribution in [2.75, 3.05) is 6.54 Å². The van der Waals surface area contributed by atoms with E-state index in [2.05, 4.69) is 15.3 Å². The van der Waals surface area contributed by atoms with Gasteiger partial charge in [-0.05, 0) is 32.3 Å². The second-order valence-electron chi connectivity index (χ2n) is 6.18. The molecule has 2 N–H and O–H groups in total. The van der Waals surface area contributed by atoms with Crippen molar-refractivity contribution in [1.29, 1.82) is 0 Å². The summed E-state index contributed by atoms with van der Waals surface area (Å²) in [5.74, 6) is 0.0286. The molecule has 7 nitrogen and oxygen atoms in total. The van der Waals surface area contributed by atoms with Gasteiger partial charge < -0.3 is 5.32 Å². The molecule has 0 bridgehead atoms. The van der Waals surface area contributed by atoms with Crippen LogP contribution in [0.25, 0.3) is 11.0 Å². The summed E-state index contributed by atoms with van der Waals surface area (Å²) in [5, 5.41) is 3.04. The molecule has 0 atom stereocenters. The van der Waals surface area contributed by atoms with E-state index in [-0.39, 0.29) is 11.3 Å². The molecule has 2 heterocycles. The van der Waals surface area contributed by atoms with Gasteiger partial charge in [-0.15, -0.1) is 0 Å². The van der Waals surface area contributed by atoms with Gasteiger partial charge in [0.25, 0.3) is 11.5 Å². The normalized spacial score (nSPS) is 14.1. The smallest absolute Gasteiger partial charge is 0.329 e. The van der Waals surface area contributed by atoms with Gasteiger partial charge in [0.05, 0.1) is 10.9 Å². The highest BCUT2D eigenvalue weighted by atomic mass is 16.2. The van der Waals surface area contributed by atoms with Gasteiger partial charge in [0.1, 0.15) is 0 Å². The first kappa shape index (κ1) is 16.4. The third kappa shape index (κ3) is 2.98. The average Bonchev–Trinajstić information content (AvgIpc) is 3.39. The molecule has 3 rings (SSSR count). The van der Waals surface area contributed by atoms with Gasteiger partial charge in [-0.25, -0.2) is 9.78 Å². The summed E-state index contributed by atoms with van der Waals surface area (Å²) < 4.78 is 1.41. The lowest BCUT2D eigenvalue weighted by molar-refractivity contribution is 0.0954. The number of aromatic amines is 1. The van der Waals surface area contributed by atoms with E-state index in [1.54, 1.807) is 6.07 Å². The van der Waals surface area contributed by atoms with E-state index in [0.29, 0.717) is 30.2 Å². The topological polar surface area (TPSA) is 96.8 Å². The lowest BCUT2D eigenvalue weighted by atomic mass is 10.1. The summed E-state index contributed by atoms with van der Waals surface area (Å²) in [7, 11) is 0. The van der Waals surface area contributed by atoms with Crippen LogP contribution in [0, 0.1) is 0 Å². The minimum atomic E-state index is -0.560. The highest BCUT2D eigenvalue weighted by molar-refractivity contribution is 6.05. The number of hydrogen-bond donors (Lipinski definition) is 2. The summed E-state index contributed by atoms with van der Waals surface area (Å²) in [6, 6.07) is 1.71. The molecule has 0 saturated heterocycles. The lowest BCUT2D eigenvalue weighted by Crippen LogP contribution is -2.33. The largest absolute Gasteiger partial charge is 0.352 e. The first-order chi connectivity index (χ1) is 11.6. The van der Waals surface area contributed by atoms with E-state index in [1.165, 1.54) is 4.57 Å². The number of nitrogens with zero attached hydrogens (tertiary/aromatic N) is 2. The van der Waals surface area contributed by atoms with Crippen LogP contribution in [-0.2, 0) is 6.54 Å². The molecule has 7 heteroatoms. The number of rotatable bonds is 6. The standard InChI is InChI=1S/C17H22N4O3/c1-3-5-8-18-15(22)11-9-12(10-6-7-10)19-14-13(11)16(23)20-17(24)21(14)4-2/h9-10H,3-8H2,1-2H3,(H,18,22)(H,20,23,24). The molecule has 1 saturated carbocycles. The number of aromatic nitrogens is 3. The van der Waals surface area contributed by atoms with Crippen molar-refractivity contribution < 1.29 is 4.79 Å². The molecule has 1 aliphatic carbocycles. The predicted molar refractivity (Wildman–Crippen MR) is 91.5 cm³/mol. The van der Waals surface area contributed by atoms with E-state index >= 15 is 0 Å². The highest BCUT2D eigenvalue weighted by Crippen LogP contribution is 2.39. The van der Waals surface area contributed by atoms with E-state index < -0.39 is 11.2 Å². The second-order valence-corrected chi connectivity index (χ2v) is 6.18. The van der Waals surface area contributed by atoms with Crippen molar-refractivity contribution in [1.82, 2.24) is 19.9 Å². The third-order valence-electron chi connectivity index (χ3n) is 4.34. The maximum absolute atomic E-state index is 12.6. The van der Waals surface area contributed by atoms with Crippen LogP contribution in [0.5, 0.6) is 0 Å². The molecule has 0 aromatic carbocycles. The number of carbonyl (C=O) groups is 1. The monoisotopic (exact) mass is 330 g/mol. The van der Waals surface area contributed by atoms with Gasteiger partial charge in [-0.1, -0.05) is 13.3 Å². The Morgan fingerprint density at radius 2 is 2.12 bits per heavy atom. The van der Waals surface area contributed by atoms with Crippen LogP contribution in [0.1, 0.15) is 61.5 Å². The van der Waals surface area contributed by atoms with Gasteiger partial charge >= 0.3 is 5.69 Å². The lowest BCUT2D eigenvalue weighted by Gasteiger charge is -2.12. The molecule has 0 spiro atoms. The summed E-state index contributed by atoms with van der Waals surface area (Å²) in [4.78, 5) is 43.8. The van der Waals surface area contributed by atoms with Crippen molar-refractivity contribution in [3.8, 4) is 0 Å². The van der Waals surface area contributed by atoms with Gasteiger partial charge in [0.15, 0.2) is 5.65 Å². The number of fused-ring (bicyclic) bond motifs is 1. The first-order valence-electron chi connectivity index (χ1n) is 8.52. The second kappa shape index (κ2) is 6.59. The van der Waals surface area contributed by atoms with Crippen LogP contribution in [0.3, 0.4) is 0 Å². The van der Waals surface area contributed by atoms with Crippen LogP contribution < -0.4 is 16.6 Å². The predicted octanol–water partition coefficient (Wildman–Crippen LogP) is 1.51. The van der Waals surface area contributed by atoms with Crippen molar-refractivity contribution in [3.63, 3.8) is 0 Å². The number of H-pyrrole nitrogens is 1. The molecule has 2 aromatic rings. The molecule has 1 fully saturated rings. The van der Waals surface area contributed by atoms with Crippen molar-refractivity contribution in [2.24, 2.45) is 0 Å². The van der Waals surface area contributed by atoms with Gasteiger partial charge in [0, 0.05) is 24.7 Å². The number of carbonyl (C=O) groups excluding carboxylic acids is 1. The number of amides is 1. The number of aryl methyl sites for hydroxylation is 1. The fourth-order valence-electron chi connectivity index (χ4n) is 2.83. The number of hydrogen-bond acceptors (Lipinski definition) is 4. The zero-order valence-corrected chi connectivity index (χ0v) is 14.0. The summed E-state index contributed by atoms with van der Waals surface area (Å²) >= 11 is 0. The molecule has 2 aromatic heterocycles. The molecule has 1 amide bonds. The Kier molecular flexibility index (Phi) is 4.51. The van der Waals surface area contributed by atoms with E-state index in [4.69, 9.17) is 0 Å². The van der Waals surface area contributed by atoms with E-state index in [1.807, 2.05) is 13.8 Å². The molecular weight excluding hydrogens is 308 g/mol. The zero-order chi connectivity index (χ0) is 17.3. The summed E-state index contributed by atoms with van der Waals surface area (Å²) in [6.07, 6.45) is 3.89. The van der Waals surface area contributed by atoms with Crippen molar-refractivity contribution >= 4 is 16.9 Å². The van der Waals surface area contributed by atoms with Crippen molar-refractivity contribution in [2.45, 2.75) is 52.0 Å². The van der Waals surface area contributed by atoms with Crippen LogP contribution >= 0.6 is 0 Å². The van der Waals surface area contributed by atoms with Crippen LogP contribution in [0.2, 0.25) is 0 Å². The van der Waals surface area contributed by atoms with Crippen LogP contribution in [0.15, 0.2) is 15.7 Å². The van der Waals surface area contributed by atoms with E-state index in [9.17, 15) is 14.4 Å². The average molecular weight is 330 g/mol. The molecule has 0 unspecified atom stereocenters. The SMILES string of the molecule is CCCCNC(=O)c1cc(C2CC2)nc2c1c(=O)[nH]c(=O)n2CC. The van der Waals surface area contributed by atoms with Gasteiger partial charge in [0.2, 0.25) is 0 Å². The summed E-state index contributed by atoms with van der Waals surface area (Å²) in [6.45, 7) is 4.79. The van der Waals surface area contributed by atoms with E-state index in [0.717, 1.165) is 31.4 Å². The quantitative estimate of drug-likeness (QED) is 0.785. The Morgan fingerprint density at radius 1 is 1.38 bits per heavy atom. The Labute approximate surface area is 139 Å². The third-order valence-corrected chi connectivity index (χ3v) is 4.34. The molecule has 1 aliphatic rings. The Balaban J connectivity index is 2.20. The fraction of sp³-hybridized carbons (Fsp3) is 0.529. The Bertz CT molecular complexity index is 893. The van der Waals surface area contributed by atoms with Crippen LogP contribution in [-0.4, -0.2) is 27.0 Å². The van der Waals surface area contributed by atoms with Crippen LogP contribution in [0.4, 0.5) is 0 Å². The number of nitrogens with one attached hydrogen (secondary N) is 2. The Hall–Kier alpha value is -2.44. The highest BCUT2D eigenvalue weighted by Gasteiger charge is 2.28. The minimum Gasteiger partial charge on any atom is -0.352 e.